The molecule has 0 aliphatic carbocycles. The SMILES string of the molecule is COCCCNC(=O)C(c1ccccc1)N(Cc1ccccc1)C(C)=O. The van der Waals surface area contributed by atoms with E-state index in [-0.39, 0.29) is 11.8 Å². The normalized spacial score (nSPS) is 11.6. The van der Waals surface area contributed by atoms with Gasteiger partial charge in [0.2, 0.25) is 11.8 Å². The number of nitrogens with zero attached hydrogens (tertiary/aromatic N) is 1. The summed E-state index contributed by atoms with van der Waals surface area (Å²) in [5, 5.41) is 2.92. The van der Waals surface area contributed by atoms with E-state index in [1.807, 2.05) is 60.7 Å². The van der Waals surface area contributed by atoms with Gasteiger partial charge in [-0.2, -0.15) is 0 Å². The number of rotatable bonds is 9. The molecule has 1 unspecified atom stereocenters. The Morgan fingerprint density at radius 1 is 1.04 bits per heavy atom. The Morgan fingerprint density at radius 3 is 2.23 bits per heavy atom. The van der Waals surface area contributed by atoms with Gasteiger partial charge in [0.05, 0.1) is 0 Å². The van der Waals surface area contributed by atoms with Crippen LogP contribution in [-0.2, 0) is 20.9 Å². The van der Waals surface area contributed by atoms with Gasteiger partial charge >= 0.3 is 0 Å². The van der Waals surface area contributed by atoms with Crippen molar-refractivity contribution < 1.29 is 14.3 Å². The van der Waals surface area contributed by atoms with Gasteiger partial charge in [0, 0.05) is 33.7 Å². The van der Waals surface area contributed by atoms with Crippen LogP contribution in [0.1, 0.15) is 30.5 Å². The van der Waals surface area contributed by atoms with Crippen LogP contribution in [0.3, 0.4) is 0 Å². The Morgan fingerprint density at radius 2 is 1.65 bits per heavy atom. The lowest BCUT2D eigenvalue weighted by Gasteiger charge is -2.30. The maximum atomic E-state index is 12.9. The molecule has 2 amide bonds. The summed E-state index contributed by atoms with van der Waals surface area (Å²) < 4.78 is 5.02. The van der Waals surface area contributed by atoms with Crippen molar-refractivity contribution in [1.82, 2.24) is 10.2 Å². The third kappa shape index (κ3) is 5.70. The first-order valence-electron chi connectivity index (χ1n) is 8.76. The summed E-state index contributed by atoms with van der Waals surface area (Å²) in [6.07, 6.45) is 0.725. The Bertz CT molecular complexity index is 689. The molecule has 0 radical (unpaired) electrons. The van der Waals surface area contributed by atoms with E-state index in [4.69, 9.17) is 4.74 Å². The standard InChI is InChI=1S/C21H26N2O3/c1-17(24)23(16-18-10-5-3-6-11-18)20(19-12-7-4-8-13-19)21(25)22-14-9-15-26-2/h3-8,10-13,20H,9,14-16H2,1-2H3,(H,22,25). The van der Waals surface area contributed by atoms with Crippen LogP contribution >= 0.6 is 0 Å². The molecule has 5 nitrogen and oxygen atoms in total. The second-order valence-electron chi connectivity index (χ2n) is 6.08. The lowest BCUT2D eigenvalue weighted by atomic mass is 10.0. The number of hydrogen-bond acceptors (Lipinski definition) is 3. The van der Waals surface area contributed by atoms with E-state index in [0.717, 1.165) is 17.5 Å². The van der Waals surface area contributed by atoms with E-state index < -0.39 is 6.04 Å². The minimum absolute atomic E-state index is 0.144. The molecule has 0 saturated carbocycles. The van der Waals surface area contributed by atoms with Gasteiger partial charge in [0.15, 0.2) is 0 Å². The first-order valence-corrected chi connectivity index (χ1v) is 8.76. The minimum Gasteiger partial charge on any atom is -0.385 e. The number of hydrogen-bond donors (Lipinski definition) is 1. The summed E-state index contributed by atoms with van der Waals surface area (Å²) in [7, 11) is 1.63. The number of nitrogens with one attached hydrogen (secondary N) is 1. The largest absolute Gasteiger partial charge is 0.385 e. The molecule has 26 heavy (non-hydrogen) atoms. The summed E-state index contributed by atoms with van der Waals surface area (Å²) >= 11 is 0. The quantitative estimate of drug-likeness (QED) is 0.705. The second-order valence-corrected chi connectivity index (χ2v) is 6.08. The third-order valence-corrected chi connectivity index (χ3v) is 4.10. The van der Waals surface area contributed by atoms with E-state index in [0.29, 0.717) is 19.7 Å². The number of amides is 2. The van der Waals surface area contributed by atoms with Gasteiger partial charge in [-0.25, -0.2) is 0 Å². The zero-order chi connectivity index (χ0) is 18.8. The van der Waals surface area contributed by atoms with Crippen molar-refractivity contribution in [2.75, 3.05) is 20.3 Å². The molecule has 2 aromatic carbocycles. The van der Waals surface area contributed by atoms with Gasteiger partial charge in [0.1, 0.15) is 6.04 Å². The van der Waals surface area contributed by atoms with Crippen LogP contribution in [0, 0.1) is 0 Å². The molecule has 1 N–H and O–H groups in total. The molecular formula is C21H26N2O3. The Kier molecular flexibility index (Phi) is 7.83. The van der Waals surface area contributed by atoms with E-state index in [1.165, 1.54) is 6.92 Å². The summed E-state index contributed by atoms with van der Waals surface area (Å²) in [5.74, 6) is -0.326. The molecule has 0 bridgehead atoms. The number of benzene rings is 2. The molecule has 0 aliphatic heterocycles. The summed E-state index contributed by atoms with van der Waals surface area (Å²) in [4.78, 5) is 26.9. The van der Waals surface area contributed by atoms with Crippen LogP contribution in [0.5, 0.6) is 0 Å². The average molecular weight is 354 g/mol. The van der Waals surface area contributed by atoms with E-state index in [2.05, 4.69) is 5.32 Å². The summed E-state index contributed by atoms with van der Waals surface area (Å²) in [6.45, 7) is 2.96. The van der Waals surface area contributed by atoms with Crippen LogP contribution in [0.4, 0.5) is 0 Å². The lowest BCUT2D eigenvalue weighted by Crippen LogP contribution is -2.43. The molecule has 0 aromatic heterocycles. The fourth-order valence-electron chi connectivity index (χ4n) is 2.80. The third-order valence-electron chi connectivity index (χ3n) is 4.10. The van der Waals surface area contributed by atoms with Gasteiger partial charge < -0.3 is 15.0 Å². The van der Waals surface area contributed by atoms with Crippen LogP contribution in [0.2, 0.25) is 0 Å². The molecule has 138 valence electrons. The molecule has 0 heterocycles. The monoisotopic (exact) mass is 354 g/mol. The van der Waals surface area contributed by atoms with Crippen molar-refractivity contribution in [3.05, 3.63) is 71.8 Å². The maximum Gasteiger partial charge on any atom is 0.247 e. The number of ether oxygens (including phenoxy) is 1. The number of carbonyl (C=O) groups excluding carboxylic acids is 2. The molecule has 0 saturated heterocycles. The van der Waals surface area contributed by atoms with Crippen molar-refractivity contribution >= 4 is 11.8 Å². The Balaban J connectivity index is 2.24. The fourth-order valence-corrected chi connectivity index (χ4v) is 2.80. The molecule has 0 spiro atoms. The number of carbonyl (C=O) groups is 2. The van der Waals surface area contributed by atoms with Crippen molar-refractivity contribution in [1.29, 1.82) is 0 Å². The van der Waals surface area contributed by atoms with Gasteiger partial charge in [-0.15, -0.1) is 0 Å². The first-order chi connectivity index (χ1) is 12.6. The summed E-state index contributed by atoms with van der Waals surface area (Å²) in [5.41, 5.74) is 1.78. The average Bonchev–Trinajstić information content (AvgIpc) is 2.66. The van der Waals surface area contributed by atoms with Crippen molar-refractivity contribution in [3.63, 3.8) is 0 Å². The fraction of sp³-hybridized carbons (Fsp3) is 0.333. The highest BCUT2D eigenvalue weighted by atomic mass is 16.5. The van der Waals surface area contributed by atoms with E-state index in [1.54, 1.807) is 12.0 Å². The molecule has 1 atom stereocenters. The molecule has 0 aliphatic rings. The maximum absolute atomic E-state index is 12.9. The zero-order valence-corrected chi connectivity index (χ0v) is 15.4. The van der Waals surface area contributed by atoms with Crippen LogP contribution < -0.4 is 5.32 Å². The molecular weight excluding hydrogens is 328 g/mol. The van der Waals surface area contributed by atoms with Gasteiger partial charge in [-0.05, 0) is 17.5 Å². The Labute approximate surface area is 155 Å². The highest BCUT2D eigenvalue weighted by Crippen LogP contribution is 2.23. The van der Waals surface area contributed by atoms with Crippen molar-refractivity contribution in [3.8, 4) is 0 Å². The summed E-state index contributed by atoms with van der Waals surface area (Å²) in [6, 6.07) is 18.4. The van der Waals surface area contributed by atoms with Gasteiger partial charge in [0.25, 0.3) is 0 Å². The molecule has 2 aromatic rings. The van der Waals surface area contributed by atoms with Crippen LogP contribution in [-0.4, -0.2) is 37.0 Å². The minimum atomic E-state index is -0.670. The van der Waals surface area contributed by atoms with Crippen molar-refractivity contribution in [2.45, 2.75) is 25.9 Å². The van der Waals surface area contributed by atoms with Crippen LogP contribution in [0.25, 0.3) is 0 Å². The topological polar surface area (TPSA) is 58.6 Å². The zero-order valence-electron chi connectivity index (χ0n) is 15.4. The van der Waals surface area contributed by atoms with Gasteiger partial charge in [-0.1, -0.05) is 60.7 Å². The van der Waals surface area contributed by atoms with E-state index >= 15 is 0 Å². The first kappa shape index (κ1) is 19.7. The van der Waals surface area contributed by atoms with Crippen LogP contribution in [0.15, 0.2) is 60.7 Å². The molecule has 5 heteroatoms. The smallest absolute Gasteiger partial charge is 0.247 e. The molecule has 2 rings (SSSR count). The Hall–Kier alpha value is -2.66. The highest BCUT2D eigenvalue weighted by Gasteiger charge is 2.29. The highest BCUT2D eigenvalue weighted by molar-refractivity contribution is 5.88. The van der Waals surface area contributed by atoms with Crippen molar-refractivity contribution in [2.24, 2.45) is 0 Å². The molecule has 0 fully saturated rings. The predicted molar refractivity (Wildman–Crippen MR) is 101 cm³/mol. The van der Waals surface area contributed by atoms with Gasteiger partial charge in [-0.3, -0.25) is 9.59 Å². The predicted octanol–water partition coefficient (Wildman–Crippen LogP) is 2.93. The van der Waals surface area contributed by atoms with E-state index in [9.17, 15) is 9.59 Å². The number of methoxy groups -OCH3 is 1. The second kappa shape index (κ2) is 10.4. The lowest BCUT2D eigenvalue weighted by molar-refractivity contribution is -0.140.